The fraction of sp³-hybridized carbons (Fsp3) is 0.176. The summed E-state index contributed by atoms with van der Waals surface area (Å²) in [5.41, 5.74) is -0.288. The van der Waals surface area contributed by atoms with E-state index >= 15 is 0 Å². The second-order valence-electron chi connectivity index (χ2n) is 5.32. The molecule has 0 radical (unpaired) electrons. The van der Waals surface area contributed by atoms with Gasteiger partial charge in [-0.25, -0.2) is 4.79 Å². The first kappa shape index (κ1) is 19.3. The van der Waals surface area contributed by atoms with Crippen molar-refractivity contribution in [3.05, 3.63) is 70.3 Å². The van der Waals surface area contributed by atoms with E-state index in [0.717, 1.165) is 6.07 Å². The van der Waals surface area contributed by atoms with Gasteiger partial charge < -0.3 is 10.4 Å². The average Bonchev–Trinajstić information content (AvgIpc) is 2.65. The number of benzene rings is 2. The predicted molar refractivity (Wildman–Crippen MR) is 94.3 cm³/mol. The maximum absolute atomic E-state index is 12.2. The van der Waals surface area contributed by atoms with Crippen LogP contribution < -0.4 is 5.32 Å². The van der Waals surface area contributed by atoms with E-state index in [0.29, 0.717) is 4.90 Å². The molecule has 0 aliphatic carbocycles. The molecule has 0 fully saturated rings. The molecule has 1 amide bonds. The van der Waals surface area contributed by atoms with E-state index in [-0.39, 0.29) is 23.4 Å². The van der Waals surface area contributed by atoms with E-state index in [9.17, 15) is 29.0 Å². The Labute approximate surface area is 151 Å². The fourth-order valence-corrected chi connectivity index (χ4v) is 3.32. The van der Waals surface area contributed by atoms with E-state index in [1.54, 1.807) is 30.3 Å². The van der Waals surface area contributed by atoms with Gasteiger partial charge in [0.25, 0.3) is 11.6 Å². The van der Waals surface area contributed by atoms with E-state index in [4.69, 9.17) is 0 Å². The monoisotopic (exact) mass is 376 g/mol. The van der Waals surface area contributed by atoms with Gasteiger partial charge in [0.05, 0.1) is 15.7 Å². The molecule has 0 saturated carbocycles. The van der Waals surface area contributed by atoms with Crippen molar-refractivity contribution in [1.29, 1.82) is 0 Å². The Hall–Kier alpha value is -3.07. The highest BCUT2D eigenvalue weighted by Gasteiger charge is 2.22. The maximum Gasteiger partial charge on any atom is 0.326 e. The summed E-state index contributed by atoms with van der Waals surface area (Å²) in [5, 5.41) is 22.3. The van der Waals surface area contributed by atoms with Crippen molar-refractivity contribution in [2.45, 2.75) is 17.4 Å². The lowest BCUT2D eigenvalue weighted by Gasteiger charge is -2.14. The fourth-order valence-electron chi connectivity index (χ4n) is 2.17. The van der Waals surface area contributed by atoms with Crippen molar-refractivity contribution < 1.29 is 23.8 Å². The first-order valence-electron chi connectivity index (χ1n) is 7.60. The highest BCUT2D eigenvalue weighted by molar-refractivity contribution is 7.85. The molecular weight excluding hydrogens is 360 g/mol. The molecule has 9 heteroatoms. The third-order valence-corrected chi connectivity index (χ3v) is 4.93. The summed E-state index contributed by atoms with van der Waals surface area (Å²) in [6, 6.07) is 12.3. The van der Waals surface area contributed by atoms with Gasteiger partial charge in [0.15, 0.2) is 0 Å². The van der Waals surface area contributed by atoms with Gasteiger partial charge in [0.1, 0.15) is 6.04 Å². The molecule has 0 aliphatic rings. The van der Waals surface area contributed by atoms with Crippen LogP contribution in [0, 0.1) is 10.1 Å². The molecule has 0 unspecified atom stereocenters. The highest BCUT2D eigenvalue weighted by Crippen LogP contribution is 2.14. The number of aliphatic carboxylic acids is 1. The number of hydrogen-bond donors (Lipinski definition) is 2. The summed E-state index contributed by atoms with van der Waals surface area (Å²) >= 11 is 0. The predicted octanol–water partition coefficient (Wildman–Crippen LogP) is 1.98. The van der Waals surface area contributed by atoms with Gasteiger partial charge in [0, 0.05) is 28.3 Å². The standard InChI is InChI=1S/C17H16N2O6S/c20-16(12-5-4-6-13(11-12)19(23)24)18-15(17(21)22)9-10-26(25)14-7-2-1-3-8-14/h1-8,11,15H,9-10H2,(H,18,20)(H,21,22)/t15-,26-/m0/s1. The van der Waals surface area contributed by atoms with Crippen LogP contribution >= 0.6 is 0 Å². The van der Waals surface area contributed by atoms with E-state index < -0.39 is 33.6 Å². The van der Waals surface area contributed by atoms with Gasteiger partial charge in [-0.05, 0) is 24.6 Å². The Balaban J connectivity index is 2.02. The van der Waals surface area contributed by atoms with Crippen LogP contribution in [0.4, 0.5) is 5.69 Å². The summed E-state index contributed by atoms with van der Waals surface area (Å²) in [5.74, 6) is -1.96. The number of carbonyl (C=O) groups excluding carboxylic acids is 1. The third kappa shape index (κ3) is 5.21. The number of carbonyl (C=O) groups is 2. The second-order valence-corrected chi connectivity index (χ2v) is 6.89. The molecule has 2 N–H and O–H groups in total. The van der Waals surface area contributed by atoms with Crippen LogP contribution in [0.5, 0.6) is 0 Å². The van der Waals surface area contributed by atoms with Crippen molar-refractivity contribution >= 4 is 28.4 Å². The van der Waals surface area contributed by atoms with Gasteiger partial charge in [-0.1, -0.05) is 24.3 Å². The summed E-state index contributed by atoms with van der Waals surface area (Å²) in [7, 11) is -1.39. The Morgan fingerprint density at radius 2 is 1.85 bits per heavy atom. The molecule has 0 saturated heterocycles. The van der Waals surface area contributed by atoms with Crippen LogP contribution in [0.2, 0.25) is 0 Å². The van der Waals surface area contributed by atoms with Gasteiger partial charge in [-0.3, -0.25) is 19.1 Å². The van der Waals surface area contributed by atoms with Gasteiger partial charge in [-0.2, -0.15) is 0 Å². The molecular formula is C17H16N2O6S. The van der Waals surface area contributed by atoms with Crippen molar-refractivity contribution in [3.8, 4) is 0 Å². The lowest BCUT2D eigenvalue weighted by Crippen LogP contribution is -2.41. The number of nitro benzene ring substituents is 1. The second kappa shape index (κ2) is 8.86. The zero-order valence-electron chi connectivity index (χ0n) is 13.5. The zero-order valence-corrected chi connectivity index (χ0v) is 14.3. The average molecular weight is 376 g/mol. The van der Waals surface area contributed by atoms with E-state index in [1.807, 2.05) is 0 Å². The van der Waals surface area contributed by atoms with Crippen LogP contribution in [-0.4, -0.2) is 37.9 Å². The molecule has 0 aromatic heterocycles. The lowest BCUT2D eigenvalue weighted by molar-refractivity contribution is -0.384. The van der Waals surface area contributed by atoms with Gasteiger partial charge in [-0.15, -0.1) is 0 Å². The van der Waals surface area contributed by atoms with Crippen molar-refractivity contribution in [1.82, 2.24) is 5.32 Å². The van der Waals surface area contributed by atoms with Crippen LogP contribution in [0.25, 0.3) is 0 Å². The number of nitrogens with zero attached hydrogens (tertiary/aromatic N) is 1. The molecule has 2 aromatic rings. The molecule has 2 atom stereocenters. The minimum absolute atomic E-state index is 0.0189. The molecule has 26 heavy (non-hydrogen) atoms. The highest BCUT2D eigenvalue weighted by atomic mass is 32.2. The molecule has 0 heterocycles. The van der Waals surface area contributed by atoms with E-state index in [2.05, 4.69) is 5.32 Å². The SMILES string of the molecule is O=C(N[C@@H](CC[S@](=O)c1ccccc1)C(=O)O)c1cccc([N+](=O)[O-])c1. The Morgan fingerprint density at radius 3 is 2.46 bits per heavy atom. The molecule has 0 bridgehead atoms. The van der Waals surface area contributed by atoms with Crippen LogP contribution in [0.15, 0.2) is 59.5 Å². The first-order chi connectivity index (χ1) is 12.4. The van der Waals surface area contributed by atoms with Crippen LogP contribution in [-0.2, 0) is 15.6 Å². The van der Waals surface area contributed by atoms with Crippen LogP contribution in [0.1, 0.15) is 16.8 Å². The number of hydrogen-bond acceptors (Lipinski definition) is 5. The summed E-state index contributed by atoms with van der Waals surface area (Å²) in [6.07, 6.45) is -0.0441. The summed E-state index contributed by atoms with van der Waals surface area (Å²) in [4.78, 5) is 34.2. The van der Waals surface area contributed by atoms with Crippen molar-refractivity contribution in [3.63, 3.8) is 0 Å². The van der Waals surface area contributed by atoms with Crippen molar-refractivity contribution in [2.75, 3.05) is 5.75 Å². The topological polar surface area (TPSA) is 127 Å². The van der Waals surface area contributed by atoms with Gasteiger partial charge >= 0.3 is 5.97 Å². The number of non-ortho nitro benzene ring substituents is 1. The molecule has 8 nitrogen and oxygen atoms in total. The zero-order chi connectivity index (χ0) is 19.1. The number of amides is 1. The van der Waals surface area contributed by atoms with E-state index in [1.165, 1.54) is 18.2 Å². The Kier molecular flexibility index (Phi) is 6.56. The first-order valence-corrected chi connectivity index (χ1v) is 8.92. The number of nitrogens with one attached hydrogen (secondary N) is 1. The Morgan fingerprint density at radius 1 is 1.15 bits per heavy atom. The molecule has 2 aromatic carbocycles. The van der Waals surface area contributed by atoms with Crippen LogP contribution in [0.3, 0.4) is 0 Å². The van der Waals surface area contributed by atoms with Crippen molar-refractivity contribution in [2.24, 2.45) is 0 Å². The molecule has 0 aliphatic heterocycles. The quantitative estimate of drug-likeness (QED) is 0.536. The minimum Gasteiger partial charge on any atom is -0.480 e. The number of carboxylic acids is 1. The molecule has 0 spiro atoms. The largest absolute Gasteiger partial charge is 0.480 e. The number of carboxylic acid groups (broad SMARTS) is 1. The summed E-state index contributed by atoms with van der Waals surface area (Å²) in [6.45, 7) is 0. The molecule has 2 rings (SSSR count). The summed E-state index contributed by atoms with van der Waals surface area (Å²) < 4.78 is 12.2. The lowest BCUT2D eigenvalue weighted by atomic mass is 10.1. The van der Waals surface area contributed by atoms with Gasteiger partial charge in [0.2, 0.25) is 0 Å². The number of nitro groups is 1. The smallest absolute Gasteiger partial charge is 0.326 e. The minimum atomic E-state index is -1.39. The third-order valence-electron chi connectivity index (χ3n) is 3.52. The molecule has 136 valence electrons. The maximum atomic E-state index is 12.2. The number of rotatable bonds is 8. The normalized spacial score (nSPS) is 12.8. The Bertz CT molecular complexity index is 840.